The highest BCUT2D eigenvalue weighted by molar-refractivity contribution is 7.88. The van der Waals surface area contributed by atoms with Gasteiger partial charge in [-0.25, -0.2) is 13.1 Å². The van der Waals surface area contributed by atoms with Gasteiger partial charge in [-0.15, -0.1) is 0 Å². The minimum Gasteiger partial charge on any atom is -0.497 e. The number of rotatable bonds is 11. The molecule has 0 aliphatic heterocycles. The number of hydrogen-bond donors (Lipinski definition) is 2. The number of nitrogens with one attached hydrogen (secondary N) is 2. The number of sulfonamides is 1. The predicted octanol–water partition coefficient (Wildman–Crippen LogP) is 2.05. The van der Waals surface area contributed by atoms with Gasteiger partial charge in [-0.1, -0.05) is 18.2 Å². The van der Waals surface area contributed by atoms with E-state index >= 15 is 0 Å². The molecule has 1 amide bonds. The summed E-state index contributed by atoms with van der Waals surface area (Å²) in [7, 11) is 1.19. The fraction of sp³-hybridized carbons (Fsp3) is 0.381. The van der Waals surface area contributed by atoms with Gasteiger partial charge in [0, 0.05) is 13.0 Å². The summed E-state index contributed by atoms with van der Waals surface area (Å²) in [6, 6.07) is 11.8. The molecule has 2 rings (SSSR count). The van der Waals surface area contributed by atoms with Crippen molar-refractivity contribution >= 4 is 15.9 Å². The van der Waals surface area contributed by atoms with Crippen LogP contribution in [-0.4, -0.2) is 48.5 Å². The Balaban J connectivity index is 1.98. The van der Waals surface area contributed by atoms with E-state index in [1.165, 1.54) is 0 Å². The minimum absolute atomic E-state index is 0.0225. The summed E-state index contributed by atoms with van der Waals surface area (Å²) in [5.41, 5.74) is 1.66. The van der Waals surface area contributed by atoms with Crippen LogP contribution in [0.4, 0.5) is 0 Å². The Morgan fingerprint density at radius 1 is 0.967 bits per heavy atom. The summed E-state index contributed by atoms with van der Waals surface area (Å²) >= 11 is 0. The molecule has 2 aromatic carbocycles. The first kappa shape index (κ1) is 23.5. The van der Waals surface area contributed by atoms with Gasteiger partial charge >= 0.3 is 0 Å². The number of carbonyl (C=O) groups excluding carboxylic acids is 1. The molecule has 0 aliphatic carbocycles. The van der Waals surface area contributed by atoms with E-state index in [4.69, 9.17) is 14.2 Å². The molecule has 0 heterocycles. The summed E-state index contributed by atoms with van der Waals surface area (Å²) < 4.78 is 41.6. The molecule has 2 aromatic rings. The van der Waals surface area contributed by atoms with Crippen LogP contribution < -0.4 is 24.2 Å². The topological polar surface area (TPSA) is 103 Å². The van der Waals surface area contributed by atoms with Crippen molar-refractivity contribution in [3.63, 3.8) is 0 Å². The number of hydrogen-bond acceptors (Lipinski definition) is 6. The van der Waals surface area contributed by atoms with Gasteiger partial charge in [-0.2, -0.15) is 0 Å². The van der Waals surface area contributed by atoms with E-state index in [1.807, 2.05) is 18.2 Å². The first-order valence-electron chi connectivity index (χ1n) is 9.34. The molecule has 164 valence electrons. The normalized spacial score (nSPS) is 12.1. The molecule has 0 saturated carbocycles. The summed E-state index contributed by atoms with van der Waals surface area (Å²) in [6.07, 6.45) is 1.64. The second-order valence-corrected chi connectivity index (χ2v) is 8.49. The third-order valence-corrected chi connectivity index (χ3v) is 5.16. The molecule has 1 atom stereocenters. The summed E-state index contributed by atoms with van der Waals surface area (Å²) in [6.45, 7) is 0.405. The molecule has 0 spiro atoms. The van der Waals surface area contributed by atoms with E-state index in [0.29, 0.717) is 35.8 Å². The first-order valence-corrected chi connectivity index (χ1v) is 11.2. The van der Waals surface area contributed by atoms with Gasteiger partial charge in [0.15, 0.2) is 11.5 Å². The molecule has 0 saturated heterocycles. The first-order chi connectivity index (χ1) is 14.3. The average molecular weight is 437 g/mol. The van der Waals surface area contributed by atoms with Crippen LogP contribution in [-0.2, 0) is 21.2 Å². The SMILES string of the molecule is COc1ccc([C@H](CC(=O)NCCc2ccc(OC)c(OC)c2)NS(C)(=O)=O)cc1. The molecule has 9 heteroatoms. The zero-order valence-electron chi connectivity index (χ0n) is 17.6. The van der Waals surface area contributed by atoms with Gasteiger partial charge in [-0.3, -0.25) is 4.79 Å². The van der Waals surface area contributed by atoms with Crippen molar-refractivity contribution < 1.29 is 27.4 Å². The van der Waals surface area contributed by atoms with E-state index in [2.05, 4.69) is 10.0 Å². The number of benzene rings is 2. The summed E-state index contributed by atoms with van der Waals surface area (Å²) in [4.78, 5) is 12.4. The van der Waals surface area contributed by atoms with Crippen LogP contribution in [0.1, 0.15) is 23.6 Å². The molecule has 2 N–H and O–H groups in total. The molecule has 0 aromatic heterocycles. The molecular formula is C21H28N2O6S. The Morgan fingerprint density at radius 2 is 1.63 bits per heavy atom. The third-order valence-electron chi connectivity index (χ3n) is 4.45. The number of carbonyl (C=O) groups is 1. The lowest BCUT2D eigenvalue weighted by Gasteiger charge is -2.18. The van der Waals surface area contributed by atoms with E-state index in [0.717, 1.165) is 11.8 Å². The summed E-state index contributed by atoms with van der Waals surface area (Å²) in [5.74, 6) is 1.65. The van der Waals surface area contributed by atoms with E-state index in [-0.39, 0.29) is 12.3 Å². The van der Waals surface area contributed by atoms with Gasteiger partial charge in [0.05, 0.1) is 33.6 Å². The zero-order valence-corrected chi connectivity index (χ0v) is 18.4. The van der Waals surface area contributed by atoms with Crippen LogP contribution in [0.25, 0.3) is 0 Å². The van der Waals surface area contributed by atoms with Crippen molar-refractivity contribution in [2.45, 2.75) is 18.9 Å². The van der Waals surface area contributed by atoms with Crippen molar-refractivity contribution in [3.8, 4) is 17.2 Å². The Hall–Kier alpha value is -2.78. The Morgan fingerprint density at radius 3 is 2.20 bits per heavy atom. The Bertz CT molecular complexity index is 944. The molecule has 0 radical (unpaired) electrons. The van der Waals surface area contributed by atoms with E-state index in [9.17, 15) is 13.2 Å². The Kier molecular flexibility index (Phi) is 8.49. The molecule has 0 bridgehead atoms. The molecule has 8 nitrogen and oxygen atoms in total. The second kappa shape index (κ2) is 10.8. The van der Waals surface area contributed by atoms with Crippen molar-refractivity contribution in [2.24, 2.45) is 0 Å². The maximum atomic E-state index is 12.4. The second-order valence-electron chi connectivity index (χ2n) is 6.71. The lowest BCUT2D eigenvalue weighted by Crippen LogP contribution is -2.34. The largest absolute Gasteiger partial charge is 0.497 e. The van der Waals surface area contributed by atoms with Crippen LogP contribution in [0.5, 0.6) is 17.2 Å². The Labute approximate surface area is 177 Å². The molecular weight excluding hydrogens is 408 g/mol. The zero-order chi connectivity index (χ0) is 22.1. The van der Waals surface area contributed by atoms with Gasteiger partial charge in [-0.05, 0) is 41.8 Å². The van der Waals surface area contributed by atoms with Crippen LogP contribution in [0.3, 0.4) is 0 Å². The van der Waals surface area contributed by atoms with Gasteiger partial charge < -0.3 is 19.5 Å². The number of ether oxygens (including phenoxy) is 3. The van der Waals surface area contributed by atoms with E-state index in [1.54, 1.807) is 45.6 Å². The van der Waals surface area contributed by atoms with Crippen molar-refractivity contribution in [1.29, 1.82) is 0 Å². The predicted molar refractivity (Wildman–Crippen MR) is 115 cm³/mol. The van der Waals surface area contributed by atoms with E-state index < -0.39 is 16.1 Å². The van der Waals surface area contributed by atoms with Crippen molar-refractivity contribution in [1.82, 2.24) is 10.0 Å². The highest BCUT2D eigenvalue weighted by atomic mass is 32.2. The highest BCUT2D eigenvalue weighted by Crippen LogP contribution is 2.27. The van der Waals surface area contributed by atoms with Crippen molar-refractivity contribution in [3.05, 3.63) is 53.6 Å². The number of amides is 1. The highest BCUT2D eigenvalue weighted by Gasteiger charge is 2.20. The monoisotopic (exact) mass is 436 g/mol. The van der Waals surface area contributed by atoms with Gasteiger partial charge in [0.25, 0.3) is 0 Å². The molecule has 0 fully saturated rings. The summed E-state index contributed by atoms with van der Waals surface area (Å²) in [5, 5.41) is 2.84. The van der Waals surface area contributed by atoms with Crippen molar-refractivity contribution in [2.75, 3.05) is 34.1 Å². The minimum atomic E-state index is -3.50. The average Bonchev–Trinajstić information content (AvgIpc) is 2.72. The maximum Gasteiger partial charge on any atom is 0.221 e. The van der Waals surface area contributed by atoms with Crippen LogP contribution in [0.15, 0.2) is 42.5 Å². The fourth-order valence-corrected chi connectivity index (χ4v) is 3.70. The van der Waals surface area contributed by atoms with Crippen LogP contribution in [0, 0.1) is 0 Å². The lowest BCUT2D eigenvalue weighted by atomic mass is 10.0. The van der Waals surface area contributed by atoms with Gasteiger partial charge in [0.1, 0.15) is 5.75 Å². The van der Waals surface area contributed by atoms with Gasteiger partial charge in [0.2, 0.25) is 15.9 Å². The standard InChI is InChI=1S/C21H28N2O6S/c1-27-17-8-6-16(7-9-17)18(23-30(4,25)26)14-21(24)22-12-11-15-5-10-19(28-2)20(13-15)29-3/h5-10,13,18,23H,11-12,14H2,1-4H3,(H,22,24)/t18-/m0/s1. The fourth-order valence-electron chi connectivity index (χ4n) is 2.96. The van der Waals surface area contributed by atoms with Crippen LogP contribution in [0.2, 0.25) is 0 Å². The molecule has 0 aliphatic rings. The smallest absolute Gasteiger partial charge is 0.221 e. The molecule has 30 heavy (non-hydrogen) atoms. The number of methoxy groups -OCH3 is 3. The van der Waals surface area contributed by atoms with Crippen LogP contribution >= 0.6 is 0 Å². The third kappa shape index (κ3) is 7.23. The quantitative estimate of drug-likeness (QED) is 0.559. The lowest BCUT2D eigenvalue weighted by molar-refractivity contribution is -0.121. The maximum absolute atomic E-state index is 12.4. The molecule has 0 unspecified atom stereocenters.